The van der Waals surface area contributed by atoms with Crippen molar-refractivity contribution < 1.29 is 0 Å². The van der Waals surface area contributed by atoms with E-state index < -0.39 is 0 Å². The molecule has 2 aliphatic rings. The molecule has 2 unspecified atom stereocenters. The molecule has 1 aromatic carbocycles. The largest absolute Gasteiger partial charge is 0.364 e. The molecule has 2 fully saturated rings. The molecule has 2 aliphatic heterocycles. The zero-order chi connectivity index (χ0) is 14.1. The molecule has 3 rings (SSSR count). The van der Waals surface area contributed by atoms with E-state index in [4.69, 9.17) is 23.2 Å². The van der Waals surface area contributed by atoms with Gasteiger partial charge < -0.3 is 10.2 Å². The standard InChI is InChI=1S/C16H22Cl2N2/c1-2-7-19-12-9-13-4-5-14(10-12)20(13)16-8-11(17)3-6-15(16)18/h3,6,8,12-14,19H,2,4-5,7,9-10H2,1H3. The van der Waals surface area contributed by atoms with E-state index in [0.717, 1.165) is 22.3 Å². The van der Waals surface area contributed by atoms with Gasteiger partial charge in [-0.05, 0) is 56.8 Å². The van der Waals surface area contributed by atoms with Crippen LogP contribution in [0.1, 0.15) is 39.0 Å². The summed E-state index contributed by atoms with van der Waals surface area (Å²) in [5.74, 6) is 0. The number of anilines is 1. The molecule has 2 atom stereocenters. The van der Waals surface area contributed by atoms with Gasteiger partial charge in [0, 0.05) is 23.1 Å². The van der Waals surface area contributed by atoms with Crippen LogP contribution in [0, 0.1) is 0 Å². The number of piperidine rings is 1. The summed E-state index contributed by atoms with van der Waals surface area (Å²) in [7, 11) is 0. The zero-order valence-electron chi connectivity index (χ0n) is 11.9. The summed E-state index contributed by atoms with van der Waals surface area (Å²) in [6, 6.07) is 7.69. The third kappa shape index (κ3) is 2.79. The molecule has 1 aromatic rings. The van der Waals surface area contributed by atoms with Crippen molar-refractivity contribution in [2.45, 2.75) is 57.2 Å². The molecule has 0 radical (unpaired) electrons. The van der Waals surface area contributed by atoms with Crippen molar-refractivity contribution >= 4 is 28.9 Å². The first-order valence-electron chi connectivity index (χ1n) is 7.65. The predicted molar refractivity (Wildman–Crippen MR) is 87.1 cm³/mol. The Kier molecular flexibility index (Phi) is 4.44. The van der Waals surface area contributed by atoms with Gasteiger partial charge in [0.15, 0.2) is 0 Å². The van der Waals surface area contributed by atoms with Crippen LogP contribution in [0.3, 0.4) is 0 Å². The molecule has 0 saturated carbocycles. The predicted octanol–water partition coefficient (Wildman–Crippen LogP) is 4.49. The van der Waals surface area contributed by atoms with Crippen LogP contribution in [-0.4, -0.2) is 24.7 Å². The van der Waals surface area contributed by atoms with Crippen molar-refractivity contribution in [2.24, 2.45) is 0 Å². The Morgan fingerprint density at radius 2 is 1.90 bits per heavy atom. The van der Waals surface area contributed by atoms with Gasteiger partial charge in [-0.25, -0.2) is 0 Å². The Labute approximate surface area is 131 Å². The number of hydrogen-bond donors (Lipinski definition) is 1. The highest BCUT2D eigenvalue weighted by Gasteiger charge is 2.41. The summed E-state index contributed by atoms with van der Waals surface area (Å²) in [6.45, 7) is 3.35. The maximum absolute atomic E-state index is 6.39. The molecule has 0 aromatic heterocycles. The van der Waals surface area contributed by atoms with E-state index in [2.05, 4.69) is 17.1 Å². The van der Waals surface area contributed by atoms with Gasteiger partial charge >= 0.3 is 0 Å². The quantitative estimate of drug-likeness (QED) is 0.881. The highest BCUT2D eigenvalue weighted by atomic mass is 35.5. The van der Waals surface area contributed by atoms with Crippen molar-refractivity contribution in [3.8, 4) is 0 Å². The van der Waals surface area contributed by atoms with Crippen LogP contribution < -0.4 is 10.2 Å². The first-order chi connectivity index (χ1) is 9.69. The molecule has 4 heteroatoms. The number of rotatable bonds is 4. The Bertz CT molecular complexity index is 464. The Balaban J connectivity index is 1.78. The second-order valence-electron chi connectivity index (χ2n) is 6.01. The number of fused-ring (bicyclic) bond motifs is 2. The second kappa shape index (κ2) is 6.13. The van der Waals surface area contributed by atoms with Gasteiger partial charge in [-0.3, -0.25) is 0 Å². The summed E-state index contributed by atoms with van der Waals surface area (Å²) in [5, 5.41) is 5.28. The summed E-state index contributed by atoms with van der Waals surface area (Å²) in [5.41, 5.74) is 1.13. The van der Waals surface area contributed by atoms with E-state index in [1.807, 2.05) is 18.2 Å². The van der Waals surface area contributed by atoms with Crippen molar-refractivity contribution in [2.75, 3.05) is 11.4 Å². The van der Waals surface area contributed by atoms with Crippen LogP contribution in [0.2, 0.25) is 10.0 Å². The number of benzene rings is 1. The van der Waals surface area contributed by atoms with E-state index in [-0.39, 0.29) is 0 Å². The maximum Gasteiger partial charge on any atom is 0.0640 e. The molecule has 2 nitrogen and oxygen atoms in total. The average molecular weight is 313 g/mol. The highest BCUT2D eigenvalue weighted by Crippen LogP contribution is 2.42. The topological polar surface area (TPSA) is 15.3 Å². The van der Waals surface area contributed by atoms with E-state index in [0.29, 0.717) is 18.1 Å². The minimum Gasteiger partial charge on any atom is -0.364 e. The summed E-state index contributed by atoms with van der Waals surface area (Å²) in [4.78, 5) is 2.53. The van der Waals surface area contributed by atoms with Crippen LogP contribution in [-0.2, 0) is 0 Å². The van der Waals surface area contributed by atoms with E-state index in [1.54, 1.807) is 0 Å². The normalized spacial score (nSPS) is 28.9. The second-order valence-corrected chi connectivity index (χ2v) is 6.85. The van der Waals surface area contributed by atoms with Crippen LogP contribution in [0.25, 0.3) is 0 Å². The van der Waals surface area contributed by atoms with Crippen molar-refractivity contribution in [3.05, 3.63) is 28.2 Å². The monoisotopic (exact) mass is 312 g/mol. The SMILES string of the molecule is CCCNC1CC2CCC(C1)N2c1cc(Cl)ccc1Cl. The maximum atomic E-state index is 6.39. The minimum absolute atomic E-state index is 0.610. The Morgan fingerprint density at radius 1 is 1.20 bits per heavy atom. The molecular formula is C16H22Cl2N2. The van der Waals surface area contributed by atoms with E-state index in [9.17, 15) is 0 Å². The van der Waals surface area contributed by atoms with Crippen molar-refractivity contribution in [3.63, 3.8) is 0 Å². The smallest absolute Gasteiger partial charge is 0.0640 e. The van der Waals surface area contributed by atoms with E-state index >= 15 is 0 Å². The molecule has 0 aliphatic carbocycles. The van der Waals surface area contributed by atoms with E-state index in [1.165, 1.54) is 32.1 Å². The van der Waals surface area contributed by atoms with Crippen LogP contribution in [0.5, 0.6) is 0 Å². The number of halogens is 2. The van der Waals surface area contributed by atoms with Gasteiger partial charge in [0.2, 0.25) is 0 Å². The molecule has 1 N–H and O–H groups in total. The zero-order valence-corrected chi connectivity index (χ0v) is 13.4. The summed E-state index contributed by atoms with van der Waals surface area (Å²) < 4.78 is 0. The highest BCUT2D eigenvalue weighted by molar-refractivity contribution is 6.35. The molecular weight excluding hydrogens is 291 g/mol. The minimum atomic E-state index is 0.610. The Hall–Kier alpha value is -0.440. The number of nitrogens with zero attached hydrogens (tertiary/aromatic N) is 1. The lowest BCUT2D eigenvalue weighted by molar-refractivity contribution is 0.357. The first kappa shape index (κ1) is 14.5. The molecule has 2 saturated heterocycles. The molecule has 0 spiro atoms. The van der Waals surface area contributed by atoms with Crippen LogP contribution in [0.15, 0.2) is 18.2 Å². The molecule has 2 heterocycles. The first-order valence-corrected chi connectivity index (χ1v) is 8.41. The van der Waals surface area contributed by atoms with Crippen molar-refractivity contribution in [1.82, 2.24) is 5.32 Å². The van der Waals surface area contributed by atoms with Gasteiger partial charge in [-0.1, -0.05) is 30.1 Å². The lowest BCUT2D eigenvalue weighted by Gasteiger charge is -2.41. The molecule has 0 amide bonds. The molecule has 20 heavy (non-hydrogen) atoms. The lowest BCUT2D eigenvalue weighted by Crippen LogP contribution is -2.49. The number of hydrogen-bond acceptors (Lipinski definition) is 2. The lowest BCUT2D eigenvalue weighted by atomic mass is 9.96. The van der Waals surface area contributed by atoms with Gasteiger partial charge in [0.25, 0.3) is 0 Å². The molecule has 110 valence electrons. The summed E-state index contributed by atoms with van der Waals surface area (Å²) in [6.07, 6.45) is 6.20. The van der Waals surface area contributed by atoms with Gasteiger partial charge in [0.05, 0.1) is 10.7 Å². The van der Waals surface area contributed by atoms with Crippen LogP contribution in [0.4, 0.5) is 5.69 Å². The average Bonchev–Trinajstić information content (AvgIpc) is 2.70. The fraction of sp³-hybridized carbons (Fsp3) is 0.625. The van der Waals surface area contributed by atoms with Gasteiger partial charge in [-0.15, -0.1) is 0 Å². The molecule has 2 bridgehead atoms. The van der Waals surface area contributed by atoms with Crippen molar-refractivity contribution in [1.29, 1.82) is 0 Å². The number of nitrogens with one attached hydrogen (secondary N) is 1. The third-order valence-corrected chi connectivity index (χ3v) is 5.16. The fourth-order valence-electron chi connectivity index (χ4n) is 3.77. The third-order valence-electron chi connectivity index (χ3n) is 4.60. The van der Waals surface area contributed by atoms with Crippen LogP contribution >= 0.6 is 23.2 Å². The summed E-state index contributed by atoms with van der Waals surface area (Å²) >= 11 is 12.5. The van der Waals surface area contributed by atoms with Gasteiger partial charge in [0.1, 0.15) is 0 Å². The van der Waals surface area contributed by atoms with Gasteiger partial charge in [-0.2, -0.15) is 0 Å². The fourth-order valence-corrected chi connectivity index (χ4v) is 4.15. The Morgan fingerprint density at radius 3 is 2.55 bits per heavy atom.